The number of hydrogen-bond donors (Lipinski definition) is 3. The molecule has 1 aliphatic carbocycles. The standard InChI is InChI=1S/C28H36N2O3/c1-17(28(33)29-15-14-26(31)32)16-25-18(2)20(4)27(21(5)19(25)3)22-10-12-24(13-11-22)30-23-8-6-7-9-23/h10-13,16,23,30H,6-9,14-15H2,1-5H3,(H,29,33)(H,31,32). The van der Waals surface area contributed by atoms with Gasteiger partial charge in [-0.15, -0.1) is 0 Å². The fourth-order valence-corrected chi connectivity index (χ4v) is 4.73. The Hall–Kier alpha value is -3.08. The monoisotopic (exact) mass is 448 g/mol. The van der Waals surface area contributed by atoms with Crippen molar-refractivity contribution in [3.05, 3.63) is 57.7 Å². The Balaban J connectivity index is 1.86. The molecule has 0 atom stereocenters. The first-order valence-electron chi connectivity index (χ1n) is 11.8. The second kappa shape index (κ2) is 10.7. The van der Waals surface area contributed by atoms with Crippen LogP contribution in [0.2, 0.25) is 0 Å². The van der Waals surface area contributed by atoms with Crippen molar-refractivity contribution in [2.75, 3.05) is 11.9 Å². The molecule has 0 saturated heterocycles. The Labute approximate surface area is 197 Å². The highest BCUT2D eigenvalue weighted by Crippen LogP contribution is 2.36. The van der Waals surface area contributed by atoms with Gasteiger partial charge in [-0.2, -0.15) is 0 Å². The van der Waals surface area contributed by atoms with Crippen LogP contribution in [0.25, 0.3) is 17.2 Å². The number of amides is 1. The van der Waals surface area contributed by atoms with E-state index < -0.39 is 5.97 Å². The molecule has 1 amide bonds. The highest BCUT2D eigenvalue weighted by Gasteiger charge is 2.17. The summed E-state index contributed by atoms with van der Waals surface area (Å²) in [5, 5.41) is 15.1. The van der Waals surface area contributed by atoms with Gasteiger partial charge in [0.2, 0.25) is 5.91 Å². The summed E-state index contributed by atoms with van der Waals surface area (Å²) in [7, 11) is 0. The highest BCUT2D eigenvalue weighted by molar-refractivity contribution is 5.98. The van der Waals surface area contributed by atoms with Crippen LogP contribution >= 0.6 is 0 Å². The summed E-state index contributed by atoms with van der Waals surface area (Å²) < 4.78 is 0. The lowest BCUT2D eigenvalue weighted by Gasteiger charge is -2.20. The van der Waals surface area contributed by atoms with Gasteiger partial charge in [0, 0.05) is 23.8 Å². The second-order valence-corrected chi connectivity index (χ2v) is 9.22. The molecule has 1 aliphatic rings. The fourth-order valence-electron chi connectivity index (χ4n) is 4.73. The molecule has 0 aromatic heterocycles. The molecule has 0 unspecified atom stereocenters. The van der Waals surface area contributed by atoms with Crippen molar-refractivity contribution in [1.82, 2.24) is 5.32 Å². The molecular weight excluding hydrogens is 412 g/mol. The molecule has 0 bridgehead atoms. The number of carboxylic acid groups (broad SMARTS) is 1. The van der Waals surface area contributed by atoms with E-state index in [1.807, 2.05) is 6.08 Å². The van der Waals surface area contributed by atoms with Gasteiger partial charge in [0.1, 0.15) is 0 Å². The van der Waals surface area contributed by atoms with Crippen LogP contribution in [0.5, 0.6) is 0 Å². The molecule has 0 aliphatic heterocycles. The maximum atomic E-state index is 12.4. The summed E-state index contributed by atoms with van der Waals surface area (Å²) in [6.07, 6.45) is 6.97. The van der Waals surface area contributed by atoms with Crippen molar-refractivity contribution >= 4 is 23.6 Å². The zero-order valence-electron chi connectivity index (χ0n) is 20.5. The minimum absolute atomic E-state index is 0.0844. The first kappa shape index (κ1) is 24.6. The first-order valence-corrected chi connectivity index (χ1v) is 11.8. The van der Waals surface area contributed by atoms with Gasteiger partial charge in [0.25, 0.3) is 0 Å². The molecule has 2 aromatic carbocycles. The van der Waals surface area contributed by atoms with Crippen molar-refractivity contribution in [1.29, 1.82) is 0 Å². The van der Waals surface area contributed by atoms with E-state index in [0.29, 0.717) is 11.6 Å². The number of benzene rings is 2. The maximum Gasteiger partial charge on any atom is 0.305 e. The third kappa shape index (κ3) is 5.84. The lowest BCUT2D eigenvalue weighted by Crippen LogP contribution is -2.26. The van der Waals surface area contributed by atoms with Crippen LogP contribution in [0, 0.1) is 27.7 Å². The molecule has 1 saturated carbocycles. The number of carbonyl (C=O) groups is 2. The van der Waals surface area contributed by atoms with Crippen LogP contribution in [0.4, 0.5) is 5.69 Å². The van der Waals surface area contributed by atoms with E-state index in [-0.39, 0.29) is 18.9 Å². The Bertz CT molecular complexity index is 1030. The predicted molar refractivity (Wildman–Crippen MR) is 136 cm³/mol. The summed E-state index contributed by atoms with van der Waals surface area (Å²) in [4.78, 5) is 23.1. The lowest BCUT2D eigenvalue weighted by molar-refractivity contribution is -0.136. The van der Waals surface area contributed by atoms with Gasteiger partial charge in [0.05, 0.1) is 6.42 Å². The minimum Gasteiger partial charge on any atom is -0.481 e. The van der Waals surface area contributed by atoms with E-state index in [1.165, 1.54) is 53.6 Å². The van der Waals surface area contributed by atoms with Gasteiger partial charge in [0.15, 0.2) is 0 Å². The van der Waals surface area contributed by atoms with Gasteiger partial charge in [-0.3, -0.25) is 9.59 Å². The minimum atomic E-state index is -0.923. The van der Waals surface area contributed by atoms with Gasteiger partial charge in [-0.05, 0) is 105 Å². The summed E-state index contributed by atoms with van der Waals surface area (Å²) >= 11 is 0. The van der Waals surface area contributed by atoms with E-state index in [9.17, 15) is 9.59 Å². The molecule has 5 heteroatoms. The van der Waals surface area contributed by atoms with Crippen LogP contribution in [-0.2, 0) is 9.59 Å². The van der Waals surface area contributed by atoms with E-state index >= 15 is 0 Å². The molecular formula is C28H36N2O3. The molecule has 0 radical (unpaired) electrons. The third-order valence-corrected chi connectivity index (χ3v) is 6.93. The van der Waals surface area contributed by atoms with Crippen molar-refractivity contribution in [2.45, 2.75) is 72.8 Å². The summed E-state index contributed by atoms with van der Waals surface area (Å²) in [6.45, 7) is 10.4. The summed E-state index contributed by atoms with van der Waals surface area (Å²) in [5.74, 6) is -1.16. The molecule has 176 valence electrons. The van der Waals surface area contributed by atoms with Crippen molar-refractivity contribution in [3.8, 4) is 11.1 Å². The molecule has 5 nitrogen and oxygen atoms in total. The molecule has 0 heterocycles. The van der Waals surface area contributed by atoms with Crippen LogP contribution in [0.1, 0.15) is 66.8 Å². The summed E-state index contributed by atoms with van der Waals surface area (Å²) in [5.41, 5.74) is 9.97. The smallest absolute Gasteiger partial charge is 0.305 e. The number of aliphatic carboxylic acids is 1. The lowest BCUT2D eigenvalue weighted by atomic mass is 9.85. The van der Waals surface area contributed by atoms with Crippen LogP contribution in [0.3, 0.4) is 0 Å². The maximum absolute atomic E-state index is 12.4. The molecule has 33 heavy (non-hydrogen) atoms. The SMILES string of the molecule is CC(=Cc1c(C)c(C)c(-c2ccc(NC3CCCC3)cc2)c(C)c1C)C(=O)NCCC(=O)O. The van der Waals surface area contributed by atoms with Gasteiger partial charge in [-0.1, -0.05) is 25.0 Å². The van der Waals surface area contributed by atoms with E-state index in [0.717, 1.165) is 16.7 Å². The largest absolute Gasteiger partial charge is 0.481 e. The first-order chi connectivity index (χ1) is 15.7. The Morgan fingerprint density at radius 2 is 1.55 bits per heavy atom. The molecule has 2 aromatic rings. The number of anilines is 1. The third-order valence-electron chi connectivity index (χ3n) is 6.93. The quantitative estimate of drug-likeness (QED) is 0.437. The highest BCUT2D eigenvalue weighted by atomic mass is 16.4. The van der Waals surface area contributed by atoms with Crippen LogP contribution in [0.15, 0.2) is 29.8 Å². The zero-order chi connectivity index (χ0) is 24.1. The summed E-state index contributed by atoms with van der Waals surface area (Å²) in [6, 6.07) is 9.34. The Morgan fingerprint density at radius 1 is 0.970 bits per heavy atom. The number of nitrogens with one attached hydrogen (secondary N) is 2. The van der Waals surface area contributed by atoms with Crippen molar-refractivity contribution < 1.29 is 14.7 Å². The van der Waals surface area contributed by atoms with E-state index in [2.05, 4.69) is 62.6 Å². The van der Waals surface area contributed by atoms with Crippen LogP contribution in [-0.4, -0.2) is 29.6 Å². The van der Waals surface area contributed by atoms with Gasteiger partial charge >= 0.3 is 5.97 Å². The Morgan fingerprint density at radius 3 is 2.09 bits per heavy atom. The normalized spacial score (nSPS) is 14.4. The van der Waals surface area contributed by atoms with E-state index in [4.69, 9.17) is 5.11 Å². The second-order valence-electron chi connectivity index (χ2n) is 9.22. The molecule has 1 fully saturated rings. The van der Waals surface area contributed by atoms with Crippen molar-refractivity contribution in [2.24, 2.45) is 0 Å². The van der Waals surface area contributed by atoms with Crippen LogP contribution < -0.4 is 10.6 Å². The van der Waals surface area contributed by atoms with Gasteiger partial charge < -0.3 is 15.7 Å². The number of rotatable bonds is 8. The average molecular weight is 449 g/mol. The topological polar surface area (TPSA) is 78.4 Å². The predicted octanol–water partition coefficient (Wildman–Crippen LogP) is 5.94. The van der Waals surface area contributed by atoms with Gasteiger partial charge in [-0.25, -0.2) is 0 Å². The fraction of sp³-hybridized carbons (Fsp3) is 0.429. The van der Waals surface area contributed by atoms with E-state index in [1.54, 1.807) is 6.92 Å². The Kier molecular flexibility index (Phi) is 7.96. The zero-order valence-corrected chi connectivity index (χ0v) is 20.5. The number of carbonyl (C=O) groups excluding carboxylic acids is 1. The number of carboxylic acids is 1. The molecule has 0 spiro atoms. The number of hydrogen-bond acceptors (Lipinski definition) is 3. The van der Waals surface area contributed by atoms with Crippen molar-refractivity contribution in [3.63, 3.8) is 0 Å². The average Bonchev–Trinajstić information content (AvgIpc) is 3.29. The molecule has 3 rings (SSSR count). The molecule has 3 N–H and O–H groups in total.